The second-order valence-electron chi connectivity index (χ2n) is 5.35. The van der Waals surface area contributed by atoms with Gasteiger partial charge in [-0.3, -0.25) is 4.68 Å². The zero-order chi connectivity index (χ0) is 12.3. The summed E-state index contributed by atoms with van der Waals surface area (Å²) in [5.41, 5.74) is 0. The molecule has 1 aromatic heterocycles. The molecule has 0 radical (unpaired) electrons. The Labute approximate surface area is 104 Å². The van der Waals surface area contributed by atoms with Crippen molar-refractivity contribution in [2.24, 2.45) is 7.05 Å². The number of rotatable bonds is 4. The van der Waals surface area contributed by atoms with Crippen LogP contribution in [-0.2, 0) is 13.5 Å². The van der Waals surface area contributed by atoms with Crippen molar-refractivity contribution in [3.8, 4) is 0 Å². The molecule has 17 heavy (non-hydrogen) atoms. The summed E-state index contributed by atoms with van der Waals surface area (Å²) >= 11 is 0. The van der Waals surface area contributed by atoms with Gasteiger partial charge in [-0.1, -0.05) is 20.3 Å². The lowest BCUT2D eigenvalue weighted by Gasteiger charge is -2.22. The van der Waals surface area contributed by atoms with Gasteiger partial charge in [-0.15, -0.1) is 0 Å². The van der Waals surface area contributed by atoms with E-state index in [9.17, 15) is 0 Å². The standard InChI is InChI=1S/C13H24N4/c1-10(2)13-15-12(17(3)16-13)8-7-11-6-4-5-9-14-11/h10-11,14H,4-9H2,1-3H3. The van der Waals surface area contributed by atoms with Gasteiger partial charge < -0.3 is 5.32 Å². The van der Waals surface area contributed by atoms with Crippen LogP contribution in [0.15, 0.2) is 0 Å². The molecule has 1 fully saturated rings. The zero-order valence-corrected chi connectivity index (χ0v) is 11.2. The SMILES string of the molecule is CC(C)c1nc(CCC2CCCCN2)n(C)n1. The molecule has 2 heterocycles. The Kier molecular flexibility index (Phi) is 4.15. The van der Waals surface area contributed by atoms with Crippen molar-refractivity contribution in [1.29, 1.82) is 0 Å². The Morgan fingerprint density at radius 1 is 1.41 bits per heavy atom. The van der Waals surface area contributed by atoms with Crippen LogP contribution < -0.4 is 5.32 Å². The minimum absolute atomic E-state index is 0.419. The predicted octanol–water partition coefficient (Wildman–Crippen LogP) is 2.01. The Morgan fingerprint density at radius 2 is 2.24 bits per heavy atom. The number of hydrogen-bond donors (Lipinski definition) is 1. The van der Waals surface area contributed by atoms with Crippen LogP contribution in [0.1, 0.15) is 57.1 Å². The van der Waals surface area contributed by atoms with Gasteiger partial charge in [0.25, 0.3) is 0 Å². The van der Waals surface area contributed by atoms with Gasteiger partial charge in [0.2, 0.25) is 0 Å². The first-order chi connectivity index (χ1) is 8.16. The Morgan fingerprint density at radius 3 is 2.82 bits per heavy atom. The van der Waals surface area contributed by atoms with E-state index in [-0.39, 0.29) is 0 Å². The fraction of sp³-hybridized carbons (Fsp3) is 0.846. The van der Waals surface area contributed by atoms with Gasteiger partial charge in [0.1, 0.15) is 5.82 Å². The van der Waals surface area contributed by atoms with Gasteiger partial charge in [0.05, 0.1) is 0 Å². The molecule has 1 aliphatic heterocycles. The maximum absolute atomic E-state index is 4.62. The second kappa shape index (κ2) is 5.63. The summed E-state index contributed by atoms with van der Waals surface area (Å²) in [6, 6.07) is 0.683. The second-order valence-corrected chi connectivity index (χ2v) is 5.35. The number of aromatic nitrogens is 3. The van der Waals surface area contributed by atoms with E-state index in [0.29, 0.717) is 12.0 Å². The molecule has 1 saturated heterocycles. The molecule has 0 spiro atoms. The molecule has 1 aromatic rings. The minimum Gasteiger partial charge on any atom is -0.314 e. The van der Waals surface area contributed by atoms with Crippen LogP contribution in [0.2, 0.25) is 0 Å². The summed E-state index contributed by atoms with van der Waals surface area (Å²) in [5, 5.41) is 8.04. The molecular formula is C13H24N4. The molecule has 1 N–H and O–H groups in total. The first kappa shape index (κ1) is 12.6. The van der Waals surface area contributed by atoms with Crippen molar-refractivity contribution in [1.82, 2.24) is 20.1 Å². The molecule has 96 valence electrons. The van der Waals surface area contributed by atoms with Crippen LogP contribution >= 0.6 is 0 Å². The third-order valence-electron chi connectivity index (χ3n) is 3.51. The first-order valence-corrected chi connectivity index (χ1v) is 6.80. The van der Waals surface area contributed by atoms with Gasteiger partial charge in [0, 0.05) is 25.4 Å². The molecule has 4 nitrogen and oxygen atoms in total. The van der Waals surface area contributed by atoms with Crippen LogP contribution in [0.3, 0.4) is 0 Å². The number of aryl methyl sites for hydroxylation is 2. The first-order valence-electron chi connectivity index (χ1n) is 6.80. The normalized spacial score (nSPS) is 21.1. The molecule has 1 aliphatic rings. The molecule has 0 aliphatic carbocycles. The van der Waals surface area contributed by atoms with Crippen molar-refractivity contribution < 1.29 is 0 Å². The van der Waals surface area contributed by atoms with Crippen molar-refractivity contribution in [2.75, 3.05) is 6.54 Å². The molecule has 2 rings (SSSR count). The van der Waals surface area contributed by atoms with E-state index in [1.165, 1.54) is 32.2 Å². The van der Waals surface area contributed by atoms with E-state index in [1.54, 1.807) is 0 Å². The number of piperidine rings is 1. The number of hydrogen-bond acceptors (Lipinski definition) is 3. The van der Waals surface area contributed by atoms with Gasteiger partial charge in [0.15, 0.2) is 5.82 Å². The van der Waals surface area contributed by atoms with E-state index in [1.807, 2.05) is 11.7 Å². The molecule has 0 amide bonds. The fourth-order valence-electron chi connectivity index (χ4n) is 2.37. The molecule has 0 bridgehead atoms. The smallest absolute Gasteiger partial charge is 0.153 e. The highest BCUT2D eigenvalue weighted by molar-refractivity contribution is 4.97. The van der Waals surface area contributed by atoms with Crippen LogP contribution in [0.4, 0.5) is 0 Å². The lowest BCUT2D eigenvalue weighted by molar-refractivity contribution is 0.379. The highest BCUT2D eigenvalue weighted by Gasteiger charge is 2.15. The number of nitrogens with one attached hydrogen (secondary N) is 1. The van der Waals surface area contributed by atoms with Gasteiger partial charge >= 0.3 is 0 Å². The topological polar surface area (TPSA) is 42.7 Å². The lowest BCUT2D eigenvalue weighted by Crippen LogP contribution is -2.34. The third-order valence-corrected chi connectivity index (χ3v) is 3.51. The number of nitrogens with zero attached hydrogens (tertiary/aromatic N) is 3. The molecule has 0 saturated carbocycles. The van der Waals surface area contributed by atoms with E-state index < -0.39 is 0 Å². The summed E-state index contributed by atoms with van der Waals surface area (Å²) in [6.07, 6.45) is 6.23. The molecule has 1 unspecified atom stereocenters. The predicted molar refractivity (Wildman–Crippen MR) is 69.1 cm³/mol. The summed E-state index contributed by atoms with van der Waals surface area (Å²) in [5.74, 6) is 2.52. The highest BCUT2D eigenvalue weighted by Crippen LogP contribution is 2.14. The maximum Gasteiger partial charge on any atom is 0.153 e. The van der Waals surface area contributed by atoms with Crippen molar-refractivity contribution >= 4 is 0 Å². The Hall–Kier alpha value is -0.900. The molecule has 4 heteroatoms. The monoisotopic (exact) mass is 236 g/mol. The third kappa shape index (κ3) is 3.28. The van der Waals surface area contributed by atoms with E-state index in [2.05, 4.69) is 29.2 Å². The molecule has 0 aromatic carbocycles. The molecular weight excluding hydrogens is 212 g/mol. The van der Waals surface area contributed by atoms with Crippen molar-refractivity contribution in [2.45, 2.75) is 57.9 Å². The van der Waals surface area contributed by atoms with Crippen LogP contribution in [0.5, 0.6) is 0 Å². The van der Waals surface area contributed by atoms with E-state index >= 15 is 0 Å². The van der Waals surface area contributed by atoms with E-state index in [4.69, 9.17) is 0 Å². The minimum atomic E-state index is 0.419. The quantitative estimate of drug-likeness (QED) is 0.869. The van der Waals surface area contributed by atoms with Crippen LogP contribution in [-0.4, -0.2) is 27.4 Å². The van der Waals surface area contributed by atoms with Crippen LogP contribution in [0.25, 0.3) is 0 Å². The van der Waals surface area contributed by atoms with E-state index in [0.717, 1.165) is 18.1 Å². The van der Waals surface area contributed by atoms with Crippen molar-refractivity contribution in [3.05, 3.63) is 11.6 Å². The fourth-order valence-corrected chi connectivity index (χ4v) is 2.37. The Balaban J connectivity index is 1.89. The molecule has 1 atom stereocenters. The lowest BCUT2D eigenvalue weighted by atomic mass is 10.0. The summed E-state index contributed by atoms with van der Waals surface area (Å²) < 4.78 is 1.94. The average Bonchev–Trinajstić information content (AvgIpc) is 2.70. The maximum atomic E-state index is 4.62. The van der Waals surface area contributed by atoms with Crippen LogP contribution in [0, 0.1) is 0 Å². The largest absolute Gasteiger partial charge is 0.314 e. The summed E-state index contributed by atoms with van der Waals surface area (Å²) in [4.78, 5) is 4.62. The summed E-state index contributed by atoms with van der Waals surface area (Å²) in [7, 11) is 2.00. The zero-order valence-electron chi connectivity index (χ0n) is 11.2. The Bertz CT molecular complexity index is 350. The summed E-state index contributed by atoms with van der Waals surface area (Å²) in [6.45, 7) is 5.46. The highest BCUT2D eigenvalue weighted by atomic mass is 15.3. The van der Waals surface area contributed by atoms with Crippen molar-refractivity contribution in [3.63, 3.8) is 0 Å². The van der Waals surface area contributed by atoms with Gasteiger partial charge in [-0.2, -0.15) is 5.10 Å². The van der Waals surface area contributed by atoms with Gasteiger partial charge in [-0.25, -0.2) is 4.98 Å². The average molecular weight is 236 g/mol. The van der Waals surface area contributed by atoms with Gasteiger partial charge in [-0.05, 0) is 25.8 Å².